The monoisotopic (exact) mass is 1060 g/mol. The van der Waals surface area contributed by atoms with E-state index >= 15 is 0 Å². The first-order chi connectivity index (χ1) is 41.2. The van der Waals surface area contributed by atoms with Gasteiger partial charge in [0.15, 0.2) is 0 Å². The average Bonchev–Trinajstić information content (AvgIpc) is 2.55. The summed E-state index contributed by atoms with van der Waals surface area (Å²) in [5.41, 5.74) is 20.4. The molecule has 1 saturated carbocycles. The Bertz CT molecular complexity index is 4400. The second-order valence-electron chi connectivity index (χ2n) is 23.1. The summed E-state index contributed by atoms with van der Waals surface area (Å²) < 4.78 is 14.9. The van der Waals surface area contributed by atoms with Crippen LogP contribution < -0.4 is 9.47 Å². The van der Waals surface area contributed by atoms with Gasteiger partial charge in [0.05, 0.1) is 10.8 Å². The minimum Gasteiger partial charge on any atom is -0.456 e. The zero-order valence-electron chi connectivity index (χ0n) is 45.9. The Morgan fingerprint density at radius 1 is 0.253 bits per heavy atom. The van der Waals surface area contributed by atoms with E-state index in [2.05, 4.69) is 291 Å². The van der Waals surface area contributed by atoms with E-state index in [4.69, 9.17) is 9.47 Å². The fourth-order valence-corrected chi connectivity index (χ4v) is 16.1. The minimum atomic E-state index is -0.673. The Labute approximate surface area is 484 Å². The predicted molar refractivity (Wildman–Crippen MR) is 339 cm³/mol. The van der Waals surface area contributed by atoms with E-state index < -0.39 is 10.8 Å². The fraction of sp³-hybridized carbons (Fsp3) is 0.0864. The van der Waals surface area contributed by atoms with Crippen LogP contribution in [0.5, 0.6) is 23.0 Å². The molecule has 0 saturated heterocycles. The molecule has 17 rings (SSSR count). The highest BCUT2D eigenvalue weighted by molar-refractivity contribution is 6.20. The summed E-state index contributed by atoms with van der Waals surface area (Å²) in [5.74, 6) is 3.44. The van der Waals surface area contributed by atoms with E-state index in [0.717, 1.165) is 91.1 Å². The second-order valence-corrected chi connectivity index (χ2v) is 23.1. The van der Waals surface area contributed by atoms with Gasteiger partial charge in [0.25, 0.3) is 0 Å². The highest BCUT2D eigenvalue weighted by Crippen LogP contribution is 2.63. The molecule has 0 unspecified atom stereocenters. The Morgan fingerprint density at radius 3 is 1.08 bits per heavy atom. The van der Waals surface area contributed by atoms with Gasteiger partial charge in [0, 0.05) is 38.8 Å². The van der Waals surface area contributed by atoms with Crippen LogP contribution >= 0.6 is 0 Å². The van der Waals surface area contributed by atoms with Crippen LogP contribution in [0.4, 0.5) is 0 Å². The first-order valence-electron chi connectivity index (χ1n) is 29.4. The average molecular weight is 1060 g/mol. The lowest BCUT2D eigenvalue weighted by atomic mass is 9.63. The van der Waals surface area contributed by atoms with Crippen molar-refractivity contribution in [2.24, 2.45) is 0 Å². The molecule has 0 amide bonds. The molecule has 0 atom stereocenters. The van der Waals surface area contributed by atoms with Crippen LogP contribution in [0.1, 0.15) is 81.3 Å². The van der Waals surface area contributed by atoms with Crippen LogP contribution in [-0.2, 0) is 16.2 Å². The normalized spacial score (nSPS) is 15.3. The zero-order chi connectivity index (χ0) is 54.7. The molecule has 4 aliphatic rings. The summed E-state index contributed by atoms with van der Waals surface area (Å²) in [5, 5.41) is 4.75. The maximum Gasteiger partial charge on any atom is 0.140 e. The Balaban J connectivity index is 0.985. The van der Waals surface area contributed by atoms with Crippen molar-refractivity contribution in [1.29, 1.82) is 0 Å². The Hall–Kier alpha value is -10.0. The number of benzene rings is 13. The molecular weight excluding hydrogens is 1000 g/mol. The molecule has 13 aromatic carbocycles. The van der Waals surface area contributed by atoms with Gasteiger partial charge in [-0.1, -0.05) is 286 Å². The maximum atomic E-state index is 7.43. The number of hydrogen-bond donors (Lipinski definition) is 0. The van der Waals surface area contributed by atoms with E-state index in [1.165, 1.54) is 79.2 Å². The third kappa shape index (κ3) is 6.66. The first kappa shape index (κ1) is 47.8. The molecule has 83 heavy (non-hydrogen) atoms. The highest BCUT2D eigenvalue weighted by Gasteiger charge is 2.49. The van der Waals surface area contributed by atoms with Crippen molar-refractivity contribution in [2.75, 3.05) is 0 Å². The van der Waals surface area contributed by atoms with Gasteiger partial charge in [-0.05, 0) is 119 Å². The molecule has 2 nitrogen and oxygen atoms in total. The minimum absolute atomic E-state index is 0.0812. The van der Waals surface area contributed by atoms with Gasteiger partial charge in [-0.3, -0.25) is 0 Å². The van der Waals surface area contributed by atoms with Gasteiger partial charge in [-0.25, -0.2) is 0 Å². The molecule has 0 N–H and O–H groups in total. The van der Waals surface area contributed by atoms with E-state index in [9.17, 15) is 0 Å². The van der Waals surface area contributed by atoms with Crippen molar-refractivity contribution in [3.8, 4) is 67.5 Å². The molecule has 2 heterocycles. The summed E-state index contributed by atoms with van der Waals surface area (Å²) in [6.07, 6.45) is 4.68. The predicted octanol–water partition coefficient (Wildman–Crippen LogP) is 20.8. The molecule has 1 fully saturated rings. The summed E-state index contributed by atoms with van der Waals surface area (Å²) in [7, 11) is 0. The van der Waals surface area contributed by atoms with Gasteiger partial charge < -0.3 is 9.47 Å². The quantitative estimate of drug-likeness (QED) is 0.148. The van der Waals surface area contributed by atoms with Crippen molar-refractivity contribution in [2.45, 2.75) is 41.9 Å². The number of ether oxygens (including phenoxy) is 2. The van der Waals surface area contributed by atoms with Crippen molar-refractivity contribution in [3.05, 3.63) is 347 Å². The molecule has 2 aliphatic heterocycles. The van der Waals surface area contributed by atoms with Crippen LogP contribution in [0, 0.1) is 0 Å². The smallest absolute Gasteiger partial charge is 0.140 e. The maximum absolute atomic E-state index is 7.43. The lowest BCUT2D eigenvalue weighted by Crippen LogP contribution is -2.34. The van der Waals surface area contributed by atoms with E-state index in [0.29, 0.717) is 0 Å². The fourth-order valence-electron chi connectivity index (χ4n) is 16.1. The van der Waals surface area contributed by atoms with Gasteiger partial charge in [0.1, 0.15) is 23.0 Å². The molecule has 2 aliphatic carbocycles. The number of rotatable bonds is 7. The van der Waals surface area contributed by atoms with Crippen LogP contribution in [0.2, 0.25) is 0 Å². The molecule has 2 heteroatoms. The summed E-state index contributed by atoms with van der Waals surface area (Å²) in [6, 6.07) is 108. The lowest BCUT2D eigenvalue weighted by Gasteiger charge is -2.42. The summed E-state index contributed by atoms with van der Waals surface area (Å²) >= 11 is 0. The van der Waals surface area contributed by atoms with E-state index in [1.54, 1.807) is 0 Å². The molecule has 1 spiro atoms. The van der Waals surface area contributed by atoms with Crippen LogP contribution in [0.15, 0.2) is 291 Å². The largest absolute Gasteiger partial charge is 0.456 e. The molecule has 0 radical (unpaired) electrons. The van der Waals surface area contributed by atoms with Crippen LogP contribution in [0.3, 0.4) is 0 Å². The molecule has 13 aromatic rings. The molecule has 0 aromatic heterocycles. The van der Waals surface area contributed by atoms with Crippen molar-refractivity contribution < 1.29 is 9.47 Å². The summed E-state index contributed by atoms with van der Waals surface area (Å²) in [4.78, 5) is 0. The van der Waals surface area contributed by atoms with Gasteiger partial charge in [-0.15, -0.1) is 0 Å². The molecule has 0 bridgehead atoms. The van der Waals surface area contributed by atoms with Crippen molar-refractivity contribution in [1.82, 2.24) is 0 Å². The number of hydrogen-bond acceptors (Lipinski definition) is 2. The lowest BCUT2D eigenvalue weighted by molar-refractivity contribution is 0.436. The number of para-hydroxylation sites is 4. The van der Waals surface area contributed by atoms with Crippen LogP contribution in [-0.4, -0.2) is 0 Å². The second kappa shape index (κ2) is 18.5. The molecular formula is C81H56O2. The van der Waals surface area contributed by atoms with Gasteiger partial charge in [0.2, 0.25) is 0 Å². The van der Waals surface area contributed by atoms with Gasteiger partial charge in [-0.2, -0.15) is 0 Å². The topological polar surface area (TPSA) is 18.5 Å². The first-order valence-corrected chi connectivity index (χ1v) is 29.4. The third-order valence-electron chi connectivity index (χ3n) is 19.3. The SMILES string of the molecule is c1ccc(C2(c3ccccc3)c3ccccc3Oc3c(-c4cccc5c(-c6cccc7c6C6(CCCC6)c6ccccc6-7)c6cccc(-c7cccc8c7Oc7ccccc7C8(c7ccccc7)c7ccccc7)c6cc45)cccc32)cc1. The highest BCUT2D eigenvalue weighted by atomic mass is 16.5. The van der Waals surface area contributed by atoms with E-state index in [1.807, 2.05) is 0 Å². The third-order valence-corrected chi connectivity index (χ3v) is 19.3. The van der Waals surface area contributed by atoms with Crippen molar-refractivity contribution in [3.63, 3.8) is 0 Å². The summed E-state index contributed by atoms with van der Waals surface area (Å²) in [6.45, 7) is 0. The zero-order valence-corrected chi connectivity index (χ0v) is 45.9. The van der Waals surface area contributed by atoms with E-state index in [-0.39, 0.29) is 5.41 Å². The van der Waals surface area contributed by atoms with Gasteiger partial charge >= 0.3 is 0 Å². The number of fused-ring (bicyclic) bond motifs is 11. The van der Waals surface area contributed by atoms with Crippen LogP contribution in [0.25, 0.3) is 66.1 Å². The Kier molecular flexibility index (Phi) is 10.6. The molecule has 392 valence electrons. The standard InChI is InChI=1S/C81H56O2/c1-5-26-53(27-6-1)80(54-28-7-2-8-29-54)69-44-15-17-48-73(69)82-77-63(40-24-46-71(77)80)57-35-21-37-60-66(57)52-67-58(36-22-38-61(67)75(60)65-42-23-39-62-59-34-13-14-43-68(59)79(76(62)65)50-19-20-51-79)64-41-25-47-72-78(64)83-74-49-18-16-45-70(74)81(72,55-30-9-3-10-31-55)56-32-11-4-12-33-56/h1-18,21-49,52H,19-20,50-51H2. The van der Waals surface area contributed by atoms with Crippen molar-refractivity contribution >= 4 is 21.5 Å². The Morgan fingerprint density at radius 2 is 0.602 bits per heavy atom.